The van der Waals surface area contributed by atoms with Crippen molar-refractivity contribution in [2.24, 2.45) is 0 Å². The molecule has 0 bridgehead atoms. The highest BCUT2D eigenvalue weighted by atomic mass is 16.5. The molecule has 2 amide bonds. The fourth-order valence-corrected chi connectivity index (χ4v) is 4.26. The van der Waals surface area contributed by atoms with Gasteiger partial charge in [-0.1, -0.05) is 35.9 Å². The molecule has 0 saturated carbocycles. The zero-order valence-corrected chi connectivity index (χ0v) is 19.7. The minimum absolute atomic E-state index is 0.272. The van der Waals surface area contributed by atoms with E-state index in [-0.39, 0.29) is 17.5 Å². The lowest BCUT2D eigenvalue weighted by Gasteiger charge is -2.18. The first kappa shape index (κ1) is 22.3. The summed E-state index contributed by atoms with van der Waals surface area (Å²) in [6.07, 6.45) is 0. The average Bonchev–Trinajstić information content (AvgIpc) is 2.98. The van der Waals surface area contributed by atoms with E-state index in [9.17, 15) is 9.59 Å². The van der Waals surface area contributed by atoms with Gasteiger partial charge in [-0.3, -0.25) is 9.59 Å². The standard InChI is InChI=1S/C28H28N2O3/c1-6-33-23-10-8-21(9-11-23)25-26(29-22-15-18(3)13-19(4)16-22)28(32)30(27(25)31)24-12-7-17(2)14-20(24)5/h7-16,29H,6H2,1-5H3. The first-order valence-corrected chi connectivity index (χ1v) is 11.1. The number of rotatable bonds is 6. The van der Waals surface area contributed by atoms with Crippen molar-refractivity contribution in [1.29, 1.82) is 0 Å². The molecule has 0 fully saturated rings. The van der Waals surface area contributed by atoms with Gasteiger partial charge in [-0.15, -0.1) is 0 Å². The molecule has 0 aromatic heterocycles. The van der Waals surface area contributed by atoms with E-state index in [0.29, 0.717) is 29.2 Å². The summed E-state index contributed by atoms with van der Waals surface area (Å²) in [6, 6.07) is 19.0. The lowest BCUT2D eigenvalue weighted by molar-refractivity contribution is -0.120. The molecule has 0 radical (unpaired) electrons. The smallest absolute Gasteiger partial charge is 0.282 e. The lowest BCUT2D eigenvalue weighted by atomic mass is 10.0. The third kappa shape index (κ3) is 4.40. The zero-order chi connectivity index (χ0) is 23.7. The third-order valence-corrected chi connectivity index (χ3v) is 5.62. The van der Waals surface area contributed by atoms with Crippen molar-refractivity contribution in [3.05, 3.63) is 94.2 Å². The van der Waals surface area contributed by atoms with Gasteiger partial charge in [0.1, 0.15) is 11.4 Å². The normalized spacial score (nSPS) is 13.7. The SMILES string of the molecule is CCOc1ccc(C2=C(Nc3cc(C)cc(C)c3)C(=O)N(c3ccc(C)cc3C)C2=O)cc1. The number of amides is 2. The van der Waals surface area contributed by atoms with E-state index in [2.05, 4.69) is 11.4 Å². The third-order valence-electron chi connectivity index (χ3n) is 5.62. The van der Waals surface area contributed by atoms with Crippen LogP contribution in [0.1, 0.15) is 34.7 Å². The van der Waals surface area contributed by atoms with E-state index in [0.717, 1.165) is 27.9 Å². The molecule has 1 aliphatic heterocycles. The Bertz CT molecular complexity index is 1250. The molecule has 0 atom stereocenters. The van der Waals surface area contributed by atoms with Gasteiger partial charge in [0, 0.05) is 5.69 Å². The summed E-state index contributed by atoms with van der Waals surface area (Å²) >= 11 is 0. The molecule has 3 aromatic rings. The molecular formula is C28H28N2O3. The second kappa shape index (κ2) is 8.94. The van der Waals surface area contributed by atoms with E-state index in [4.69, 9.17) is 4.74 Å². The number of imide groups is 1. The summed E-state index contributed by atoms with van der Waals surface area (Å²) in [6.45, 7) is 10.4. The molecule has 5 nitrogen and oxygen atoms in total. The molecule has 4 rings (SSSR count). The number of benzene rings is 3. The molecule has 1 heterocycles. The Morgan fingerprint density at radius 2 is 1.45 bits per heavy atom. The second-order valence-corrected chi connectivity index (χ2v) is 8.44. The van der Waals surface area contributed by atoms with Gasteiger partial charge in [-0.25, -0.2) is 4.90 Å². The van der Waals surface area contributed by atoms with Gasteiger partial charge in [-0.2, -0.15) is 0 Å². The number of hydrogen-bond acceptors (Lipinski definition) is 4. The molecular weight excluding hydrogens is 412 g/mol. The number of carbonyl (C=O) groups is 2. The highest BCUT2D eigenvalue weighted by molar-refractivity contribution is 6.46. The summed E-state index contributed by atoms with van der Waals surface area (Å²) in [7, 11) is 0. The number of hydrogen-bond donors (Lipinski definition) is 1. The number of aryl methyl sites for hydroxylation is 4. The van der Waals surface area contributed by atoms with Crippen molar-refractivity contribution in [2.45, 2.75) is 34.6 Å². The predicted octanol–water partition coefficient (Wildman–Crippen LogP) is 5.72. The molecule has 168 valence electrons. The lowest BCUT2D eigenvalue weighted by Crippen LogP contribution is -2.33. The maximum Gasteiger partial charge on any atom is 0.282 e. The Morgan fingerprint density at radius 1 is 0.788 bits per heavy atom. The van der Waals surface area contributed by atoms with Crippen LogP contribution in [0.3, 0.4) is 0 Å². The van der Waals surface area contributed by atoms with Gasteiger partial charge in [0.25, 0.3) is 11.8 Å². The van der Waals surface area contributed by atoms with Crippen molar-refractivity contribution in [3.8, 4) is 5.75 Å². The second-order valence-electron chi connectivity index (χ2n) is 8.44. The maximum atomic E-state index is 13.7. The molecule has 0 aliphatic carbocycles. The molecule has 3 aromatic carbocycles. The summed E-state index contributed by atoms with van der Waals surface area (Å²) in [5, 5.41) is 3.26. The highest BCUT2D eigenvalue weighted by Crippen LogP contribution is 2.36. The maximum absolute atomic E-state index is 13.7. The van der Waals surface area contributed by atoms with Crippen molar-refractivity contribution < 1.29 is 14.3 Å². The van der Waals surface area contributed by atoms with Gasteiger partial charge in [0.2, 0.25) is 0 Å². The number of nitrogens with one attached hydrogen (secondary N) is 1. The van der Waals surface area contributed by atoms with Crippen molar-refractivity contribution in [1.82, 2.24) is 0 Å². The summed E-state index contributed by atoms with van der Waals surface area (Å²) < 4.78 is 5.54. The Balaban J connectivity index is 1.83. The quantitative estimate of drug-likeness (QED) is 0.499. The number of anilines is 2. The van der Waals surface area contributed by atoms with Crippen LogP contribution < -0.4 is 15.0 Å². The Labute approximate surface area is 194 Å². The van der Waals surface area contributed by atoms with Crippen LogP contribution in [0.4, 0.5) is 11.4 Å². The van der Waals surface area contributed by atoms with Gasteiger partial charge in [0.15, 0.2) is 0 Å². The van der Waals surface area contributed by atoms with E-state index in [1.807, 2.05) is 89.2 Å². The number of carbonyl (C=O) groups excluding carboxylic acids is 2. The molecule has 0 spiro atoms. The van der Waals surface area contributed by atoms with Crippen LogP contribution in [-0.2, 0) is 9.59 Å². The molecule has 1 aliphatic rings. The fourth-order valence-electron chi connectivity index (χ4n) is 4.26. The number of ether oxygens (including phenoxy) is 1. The zero-order valence-electron chi connectivity index (χ0n) is 19.7. The Kier molecular flexibility index (Phi) is 6.05. The minimum atomic E-state index is -0.366. The van der Waals surface area contributed by atoms with Crippen molar-refractivity contribution >= 4 is 28.8 Å². The van der Waals surface area contributed by atoms with E-state index in [1.165, 1.54) is 4.90 Å². The summed E-state index contributed by atoms with van der Waals surface area (Å²) in [4.78, 5) is 28.6. The summed E-state index contributed by atoms with van der Waals surface area (Å²) in [5.74, 6) is 0.00617. The Morgan fingerprint density at radius 3 is 2.06 bits per heavy atom. The fraction of sp³-hybridized carbons (Fsp3) is 0.214. The average molecular weight is 441 g/mol. The van der Waals surface area contributed by atoms with Gasteiger partial charge >= 0.3 is 0 Å². The topological polar surface area (TPSA) is 58.6 Å². The molecule has 33 heavy (non-hydrogen) atoms. The van der Waals surface area contributed by atoms with Crippen LogP contribution in [0.2, 0.25) is 0 Å². The van der Waals surface area contributed by atoms with Crippen LogP contribution in [0.5, 0.6) is 5.75 Å². The van der Waals surface area contributed by atoms with Crippen LogP contribution >= 0.6 is 0 Å². The molecule has 1 N–H and O–H groups in total. The van der Waals surface area contributed by atoms with Gasteiger partial charge in [-0.05, 0) is 87.2 Å². The largest absolute Gasteiger partial charge is 0.494 e. The van der Waals surface area contributed by atoms with Gasteiger partial charge < -0.3 is 10.1 Å². The van der Waals surface area contributed by atoms with E-state index >= 15 is 0 Å². The van der Waals surface area contributed by atoms with E-state index in [1.54, 1.807) is 0 Å². The Hall–Kier alpha value is -3.86. The monoisotopic (exact) mass is 440 g/mol. The molecule has 5 heteroatoms. The minimum Gasteiger partial charge on any atom is -0.494 e. The number of nitrogens with zero attached hydrogens (tertiary/aromatic N) is 1. The first-order valence-electron chi connectivity index (χ1n) is 11.1. The van der Waals surface area contributed by atoms with Crippen molar-refractivity contribution in [3.63, 3.8) is 0 Å². The predicted molar refractivity (Wildman–Crippen MR) is 132 cm³/mol. The highest BCUT2D eigenvalue weighted by Gasteiger charge is 2.40. The van der Waals surface area contributed by atoms with Crippen molar-refractivity contribution in [2.75, 3.05) is 16.8 Å². The molecule has 0 unspecified atom stereocenters. The van der Waals surface area contributed by atoms with E-state index < -0.39 is 0 Å². The summed E-state index contributed by atoms with van der Waals surface area (Å²) in [5.41, 5.74) is 6.74. The molecule has 0 saturated heterocycles. The van der Waals surface area contributed by atoms with Crippen LogP contribution in [0, 0.1) is 27.7 Å². The van der Waals surface area contributed by atoms with Crippen LogP contribution in [-0.4, -0.2) is 18.4 Å². The van der Waals surface area contributed by atoms with Crippen LogP contribution in [0.25, 0.3) is 5.57 Å². The van der Waals surface area contributed by atoms with Crippen LogP contribution in [0.15, 0.2) is 66.4 Å². The first-order chi connectivity index (χ1) is 15.8. The van der Waals surface area contributed by atoms with Gasteiger partial charge in [0.05, 0.1) is 17.9 Å².